The van der Waals surface area contributed by atoms with Gasteiger partial charge in [-0.1, -0.05) is 97.1 Å². The van der Waals surface area contributed by atoms with E-state index in [-0.39, 0.29) is 11.4 Å². The third-order valence-electron chi connectivity index (χ3n) is 8.13. The molecule has 0 saturated heterocycles. The van der Waals surface area contributed by atoms with Gasteiger partial charge >= 0.3 is 6.18 Å². The number of rotatable bonds is 13. The molecule has 0 aliphatic carbocycles. The van der Waals surface area contributed by atoms with Crippen molar-refractivity contribution in [2.75, 3.05) is 10.6 Å². The summed E-state index contributed by atoms with van der Waals surface area (Å²) in [5.41, 5.74) is 2.26. The van der Waals surface area contributed by atoms with Gasteiger partial charge in [0.05, 0.1) is 5.56 Å². The first-order valence-corrected chi connectivity index (χ1v) is 17.9. The molecule has 11 heteroatoms. The third kappa shape index (κ3) is 11.0. The first-order chi connectivity index (χ1) is 26.6. The molecule has 6 aromatic carbocycles. The lowest BCUT2D eigenvalue weighted by Crippen LogP contribution is -2.30. The van der Waals surface area contributed by atoms with Crippen LogP contribution >= 0.6 is 11.8 Å². The van der Waals surface area contributed by atoms with Crippen molar-refractivity contribution in [2.45, 2.75) is 22.9 Å². The number of alkyl halides is 3. The molecular formula is C44H34F3N3O4S. The summed E-state index contributed by atoms with van der Waals surface area (Å²) in [6, 6.07) is 45.5. The molecule has 6 aromatic rings. The van der Waals surface area contributed by atoms with Gasteiger partial charge in [-0.2, -0.15) is 13.2 Å². The lowest BCUT2D eigenvalue weighted by Gasteiger charge is -2.18. The van der Waals surface area contributed by atoms with E-state index in [0.29, 0.717) is 39.6 Å². The van der Waals surface area contributed by atoms with Crippen LogP contribution < -0.4 is 20.7 Å². The fourth-order valence-corrected chi connectivity index (χ4v) is 6.37. The van der Waals surface area contributed by atoms with Gasteiger partial charge in [-0.05, 0) is 89.5 Å². The maximum atomic E-state index is 13.7. The number of thioether (sulfide) groups is 1. The molecule has 6 rings (SSSR count). The Morgan fingerprint density at radius 2 is 1.31 bits per heavy atom. The van der Waals surface area contributed by atoms with Crippen molar-refractivity contribution in [1.29, 1.82) is 0 Å². The highest BCUT2D eigenvalue weighted by atomic mass is 32.2. The SMILES string of the molecule is O=C(Nc1ccc(SC(C(=O)Nc2cccc(C(F)(F)F)c2)c2ccccc2)cc1)/C(=C/c1ccc(OCc2ccccc2)cc1)NC(=O)c1ccccc1. The van der Waals surface area contributed by atoms with Gasteiger partial charge in [-0.3, -0.25) is 14.4 Å². The Morgan fingerprint density at radius 1 is 0.673 bits per heavy atom. The molecule has 3 N–H and O–H groups in total. The van der Waals surface area contributed by atoms with Crippen LogP contribution in [0, 0.1) is 0 Å². The van der Waals surface area contributed by atoms with Crippen molar-refractivity contribution >= 4 is 46.9 Å². The molecule has 7 nitrogen and oxygen atoms in total. The van der Waals surface area contributed by atoms with Crippen LogP contribution in [0.2, 0.25) is 0 Å². The average molecular weight is 758 g/mol. The van der Waals surface area contributed by atoms with E-state index in [0.717, 1.165) is 17.7 Å². The molecule has 0 fully saturated rings. The Kier molecular flexibility index (Phi) is 12.5. The Bertz CT molecular complexity index is 2250. The van der Waals surface area contributed by atoms with Crippen LogP contribution in [0.1, 0.15) is 37.9 Å². The van der Waals surface area contributed by atoms with Gasteiger partial charge < -0.3 is 20.7 Å². The molecule has 55 heavy (non-hydrogen) atoms. The van der Waals surface area contributed by atoms with Gasteiger partial charge in [-0.25, -0.2) is 0 Å². The van der Waals surface area contributed by atoms with E-state index >= 15 is 0 Å². The number of hydrogen-bond acceptors (Lipinski definition) is 5. The van der Waals surface area contributed by atoms with Crippen molar-refractivity contribution in [3.8, 4) is 5.75 Å². The number of anilines is 2. The van der Waals surface area contributed by atoms with Gasteiger partial charge in [0.2, 0.25) is 5.91 Å². The van der Waals surface area contributed by atoms with Gasteiger partial charge in [0, 0.05) is 21.8 Å². The Labute approximate surface area is 320 Å². The maximum Gasteiger partial charge on any atom is 0.416 e. The zero-order valence-corrected chi connectivity index (χ0v) is 29.9. The molecule has 0 heterocycles. The zero-order chi connectivity index (χ0) is 38.6. The van der Waals surface area contributed by atoms with Crippen LogP contribution in [0.15, 0.2) is 174 Å². The molecule has 0 aliphatic heterocycles. The third-order valence-corrected chi connectivity index (χ3v) is 9.40. The first kappa shape index (κ1) is 38.1. The van der Waals surface area contributed by atoms with E-state index in [4.69, 9.17) is 4.74 Å². The second-order valence-electron chi connectivity index (χ2n) is 12.2. The summed E-state index contributed by atoms with van der Waals surface area (Å²) in [5.74, 6) is -0.905. The molecule has 1 unspecified atom stereocenters. The maximum absolute atomic E-state index is 13.7. The van der Waals surface area contributed by atoms with Crippen molar-refractivity contribution in [3.05, 3.63) is 197 Å². The summed E-state index contributed by atoms with van der Waals surface area (Å²) in [5, 5.41) is 7.37. The first-order valence-electron chi connectivity index (χ1n) is 17.1. The Hall–Kier alpha value is -6.59. The van der Waals surface area contributed by atoms with Gasteiger partial charge in [0.25, 0.3) is 11.8 Å². The number of carbonyl (C=O) groups is 3. The summed E-state index contributed by atoms with van der Waals surface area (Å²) in [7, 11) is 0. The highest BCUT2D eigenvalue weighted by Gasteiger charge is 2.31. The molecule has 0 radical (unpaired) electrons. The van der Waals surface area contributed by atoms with Gasteiger partial charge in [0.1, 0.15) is 23.3 Å². The van der Waals surface area contributed by atoms with Gasteiger partial charge in [-0.15, -0.1) is 11.8 Å². The molecule has 0 saturated carbocycles. The second kappa shape index (κ2) is 18.0. The summed E-state index contributed by atoms with van der Waals surface area (Å²) in [4.78, 5) is 41.0. The normalized spacial score (nSPS) is 11.9. The highest BCUT2D eigenvalue weighted by molar-refractivity contribution is 8.00. The number of benzene rings is 6. The minimum Gasteiger partial charge on any atom is -0.489 e. The smallest absolute Gasteiger partial charge is 0.416 e. The lowest BCUT2D eigenvalue weighted by molar-refractivity contribution is -0.137. The lowest BCUT2D eigenvalue weighted by atomic mass is 10.1. The minimum absolute atomic E-state index is 0.000615. The predicted molar refractivity (Wildman–Crippen MR) is 209 cm³/mol. The second-order valence-corrected chi connectivity index (χ2v) is 13.4. The summed E-state index contributed by atoms with van der Waals surface area (Å²) < 4.78 is 45.8. The fraction of sp³-hybridized carbons (Fsp3) is 0.0682. The minimum atomic E-state index is -4.56. The van der Waals surface area contributed by atoms with Crippen molar-refractivity contribution in [3.63, 3.8) is 0 Å². The van der Waals surface area contributed by atoms with Crippen LogP contribution in [0.25, 0.3) is 6.08 Å². The van der Waals surface area contributed by atoms with Crippen LogP contribution in [-0.2, 0) is 22.4 Å². The van der Waals surface area contributed by atoms with E-state index in [9.17, 15) is 27.6 Å². The summed E-state index contributed by atoms with van der Waals surface area (Å²) >= 11 is 1.20. The number of carbonyl (C=O) groups excluding carboxylic acids is 3. The standard InChI is InChI=1S/C44H34F3N3O4S/c45-44(46,47)34-17-10-18-36(28-34)49-43(53)40(32-13-6-2-7-14-32)55-38-25-21-35(22-26-38)48-42(52)39(50-41(51)33-15-8-3-9-16-33)27-30-19-23-37(24-20-30)54-29-31-11-4-1-5-12-31/h1-28,40H,29H2,(H,48,52)(H,49,53)(H,50,51)/b39-27-. The van der Waals surface area contributed by atoms with E-state index in [1.165, 1.54) is 23.9 Å². The predicted octanol–water partition coefficient (Wildman–Crippen LogP) is 10.2. The van der Waals surface area contributed by atoms with Crippen molar-refractivity contribution in [2.24, 2.45) is 0 Å². The summed E-state index contributed by atoms with van der Waals surface area (Å²) in [6.45, 7) is 0.397. The highest BCUT2D eigenvalue weighted by Crippen LogP contribution is 2.37. The quantitative estimate of drug-likeness (QED) is 0.0805. The molecular weight excluding hydrogens is 724 g/mol. The molecule has 0 spiro atoms. The molecule has 0 bridgehead atoms. The summed E-state index contributed by atoms with van der Waals surface area (Å²) in [6.07, 6.45) is -2.99. The van der Waals surface area contributed by atoms with E-state index in [1.54, 1.807) is 115 Å². The topological polar surface area (TPSA) is 96.5 Å². The number of ether oxygens (including phenoxy) is 1. The van der Waals surface area contributed by atoms with Crippen LogP contribution in [0.3, 0.4) is 0 Å². The monoisotopic (exact) mass is 757 g/mol. The number of amides is 3. The average Bonchev–Trinajstić information content (AvgIpc) is 3.20. The van der Waals surface area contributed by atoms with Crippen molar-refractivity contribution < 1.29 is 32.3 Å². The number of nitrogens with one attached hydrogen (secondary N) is 3. The van der Waals surface area contributed by atoms with E-state index < -0.39 is 34.7 Å². The van der Waals surface area contributed by atoms with E-state index in [1.807, 2.05) is 30.3 Å². The van der Waals surface area contributed by atoms with Gasteiger partial charge in [0.15, 0.2) is 0 Å². The number of halogens is 3. The molecule has 1 atom stereocenters. The Morgan fingerprint density at radius 3 is 1.96 bits per heavy atom. The zero-order valence-electron chi connectivity index (χ0n) is 29.1. The molecule has 0 aliphatic rings. The molecule has 0 aromatic heterocycles. The van der Waals surface area contributed by atoms with E-state index in [2.05, 4.69) is 16.0 Å². The molecule has 3 amide bonds. The molecule has 276 valence electrons. The largest absolute Gasteiger partial charge is 0.489 e. The Balaban J connectivity index is 1.17. The van der Waals surface area contributed by atoms with Crippen LogP contribution in [0.5, 0.6) is 5.75 Å². The fourth-order valence-electron chi connectivity index (χ4n) is 5.34. The van der Waals surface area contributed by atoms with Crippen LogP contribution in [0.4, 0.5) is 24.5 Å². The van der Waals surface area contributed by atoms with Crippen LogP contribution in [-0.4, -0.2) is 17.7 Å². The van der Waals surface area contributed by atoms with Crippen molar-refractivity contribution in [1.82, 2.24) is 5.32 Å². The number of hydrogen-bond donors (Lipinski definition) is 3.